The topological polar surface area (TPSA) is 51.2 Å². The summed E-state index contributed by atoms with van der Waals surface area (Å²) in [5.74, 6) is -1.50. The molecule has 1 N–H and O–H groups in total. The molecule has 1 heterocycles. The number of nitrogens with one attached hydrogen (secondary N) is 1. The van der Waals surface area contributed by atoms with Crippen LogP contribution in [0.1, 0.15) is 15.2 Å². The van der Waals surface area contributed by atoms with Crippen LogP contribution in [-0.4, -0.2) is 18.1 Å². The highest BCUT2D eigenvalue weighted by atomic mass is 32.1. The molecule has 0 unspecified atom stereocenters. The zero-order valence-electron chi connectivity index (χ0n) is 10.5. The number of thiazole rings is 1. The lowest BCUT2D eigenvalue weighted by molar-refractivity contribution is -0.137. The third-order valence-corrected chi connectivity index (χ3v) is 3.32. The van der Waals surface area contributed by atoms with Crippen molar-refractivity contribution in [3.63, 3.8) is 0 Å². The van der Waals surface area contributed by atoms with Crippen LogP contribution in [0.2, 0.25) is 0 Å². The molecule has 21 heavy (non-hydrogen) atoms. The van der Waals surface area contributed by atoms with Gasteiger partial charge in [0.2, 0.25) is 0 Å². The number of hydrogen-bond donors (Lipinski definition) is 1. The molecule has 0 bridgehead atoms. The van der Waals surface area contributed by atoms with Gasteiger partial charge in [0.25, 0.3) is 0 Å². The van der Waals surface area contributed by atoms with Gasteiger partial charge >= 0.3 is 12.1 Å². The molecule has 0 aliphatic heterocycles. The van der Waals surface area contributed by atoms with Crippen LogP contribution in [0.3, 0.4) is 0 Å². The summed E-state index contributed by atoms with van der Waals surface area (Å²) in [6.45, 7) is 0. The van der Waals surface area contributed by atoms with Crippen LogP contribution in [0, 0.1) is 5.82 Å². The van der Waals surface area contributed by atoms with Gasteiger partial charge in [-0.25, -0.2) is 14.2 Å². The Morgan fingerprint density at radius 2 is 2.10 bits per heavy atom. The van der Waals surface area contributed by atoms with E-state index in [2.05, 4.69) is 15.0 Å². The fraction of sp³-hybridized carbons (Fsp3) is 0.167. The third kappa shape index (κ3) is 3.48. The number of hydrogen-bond acceptors (Lipinski definition) is 5. The fourth-order valence-electron chi connectivity index (χ4n) is 1.44. The van der Waals surface area contributed by atoms with Crippen molar-refractivity contribution in [3.8, 4) is 0 Å². The molecule has 0 aliphatic carbocycles. The van der Waals surface area contributed by atoms with Crippen molar-refractivity contribution in [1.29, 1.82) is 0 Å². The highest BCUT2D eigenvalue weighted by Gasteiger charge is 2.31. The molecule has 0 saturated heterocycles. The molecule has 1 aromatic carbocycles. The van der Waals surface area contributed by atoms with Crippen molar-refractivity contribution in [2.45, 2.75) is 6.18 Å². The summed E-state index contributed by atoms with van der Waals surface area (Å²) >= 11 is 0.838. The number of nitrogens with zero attached hydrogens (tertiary/aromatic N) is 1. The molecule has 4 nitrogen and oxygen atoms in total. The Morgan fingerprint density at radius 1 is 1.38 bits per heavy atom. The van der Waals surface area contributed by atoms with E-state index in [4.69, 9.17) is 0 Å². The number of rotatable bonds is 3. The second-order valence-corrected chi connectivity index (χ2v) is 4.87. The number of methoxy groups -OCH3 is 1. The SMILES string of the molecule is COC(=O)c1cnc(Nc2cc(C(F)(F)F)ccc2F)s1. The zero-order valence-corrected chi connectivity index (χ0v) is 11.3. The number of carbonyl (C=O) groups excluding carboxylic acids is 1. The van der Waals surface area contributed by atoms with Crippen LogP contribution in [0.4, 0.5) is 28.4 Å². The molecule has 0 fully saturated rings. The van der Waals surface area contributed by atoms with E-state index in [9.17, 15) is 22.4 Å². The number of carbonyl (C=O) groups is 1. The summed E-state index contributed by atoms with van der Waals surface area (Å²) in [5, 5.41) is 2.49. The first-order valence-electron chi connectivity index (χ1n) is 5.49. The highest BCUT2D eigenvalue weighted by molar-refractivity contribution is 7.17. The molecule has 2 aromatic rings. The summed E-state index contributed by atoms with van der Waals surface area (Å²) in [6, 6.07) is 1.98. The molecule has 0 atom stereocenters. The number of halogens is 4. The zero-order chi connectivity index (χ0) is 15.6. The van der Waals surface area contributed by atoms with Crippen molar-refractivity contribution in [2.75, 3.05) is 12.4 Å². The van der Waals surface area contributed by atoms with Crippen LogP contribution in [0.25, 0.3) is 0 Å². The predicted molar refractivity (Wildman–Crippen MR) is 68.1 cm³/mol. The molecule has 0 radical (unpaired) electrons. The molecule has 9 heteroatoms. The molecular weight excluding hydrogens is 312 g/mol. The number of aromatic nitrogens is 1. The summed E-state index contributed by atoms with van der Waals surface area (Å²) < 4.78 is 55.7. The first-order valence-corrected chi connectivity index (χ1v) is 6.31. The molecular formula is C12H8F4N2O2S. The largest absolute Gasteiger partial charge is 0.465 e. The van der Waals surface area contributed by atoms with Crippen molar-refractivity contribution < 1.29 is 27.1 Å². The Kier molecular flexibility index (Phi) is 4.12. The molecule has 2 rings (SSSR count). The minimum atomic E-state index is -4.58. The predicted octanol–water partition coefficient (Wildman–Crippen LogP) is 3.83. The number of benzene rings is 1. The molecule has 0 spiro atoms. The number of ether oxygens (including phenoxy) is 1. The van der Waals surface area contributed by atoms with Crippen LogP contribution < -0.4 is 5.32 Å². The molecule has 112 valence electrons. The van der Waals surface area contributed by atoms with Gasteiger partial charge in [0.1, 0.15) is 10.7 Å². The Hall–Kier alpha value is -2.16. The number of alkyl halides is 3. The van der Waals surface area contributed by atoms with Gasteiger partial charge < -0.3 is 10.1 Å². The first kappa shape index (κ1) is 15.2. The number of esters is 1. The minimum absolute atomic E-state index is 0.0774. The standard InChI is InChI=1S/C12H8F4N2O2S/c1-20-10(19)9-5-17-11(21-9)18-8-4-6(12(14,15)16)2-3-7(8)13/h2-5H,1H3,(H,17,18). The van der Waals surface area contributed by atoms with Gasteiger partial charge in [0, 0.05) is 0 Å². The maximum Gasteiger partial charge on any atom is 0.416 e. The van der Waals surface area contributed by atoms with Crippen molar-refractivity contribution in [1.82, 2.24) is 4.98 Å². The lowest BCUT2D eigenvalue weighted by Crippen LogP contribution is -2.06. The Morgan fingerprint density at radius 3 is 2.71 bits per heavy atom. The van der Waals surface area contributed by atoms with E-state index in [1.165, 1.54) is 13.3 Å². The van der Waals surface area contributed by atoms with E-state index in [1.54, 1.807) is 0 Å². The van der Waals surface area contributed by atoms with E-state index in [-0.39, 0.29) is 15.7 Å². The van der Waals surface area contributed by atoms with Crippen LogP contribution in [0.5, 0.6) is 0 Å². The van der Waals surface area contributed by atoms with Crippen molar-refractivity contribution in [3.05, 3.63) is 40.7 Å². The van der Waals surface area contributed by atoms with Gasteiger partial charge in [-0.1, -0.05) is 11.3 Å². The number of anilines is 2. The quantitative estimate of drug-likeness (QED) is 0.690. The second kappa shape index (κ2) is 5.68. The normalized spacial score (nSPS) is 11.3. The van der Waals surface area contributed by atoms with Crippen molar-refractivity contribution >= 4 is 28.1 Å². The first-order chi connectivity index (χ1) is 9.81. The van der Waals surface area contributed by atoms with Crippen LogP contribution in [0.15, 0.2) is 24.4 Å². The molecule has 0 aliphatic rings. The van der Waals surface area contributed by atoms with E-state index in [0.717, 1.165) is 11.3 Å². The summed E-state index contributed by atoms with van der Waals surface area (Å²) in [5.41, 5.74) is -1.37. The third-order valence-electron chi connectivity index (χ3n) is 2.43. The Labute approximate surface area is 120 Å². The smallest absolute Gasteiger partial charge is 0.416 e. The molecule has 1 aromatic heterocycles. The van der Waals surface area contributed by atoms with Crippen molar-refractivity contribution in [2.24, 2.45) is 0 Å². The van der Waals surface area contributed by atoms with E-state index in [0.29, 0.717) is 18.2 Å². The van der Waals surface area contributed by atoms with Crippen LogP contribution in [-0.2, 0) is 10.9 Å². The van der Waals surface area contributed by atoms with Gasteiger partial charge in [-0.3, -0.25) is 0 Å². The summed E-state index contributed by atoms with van der Waals surface area (Å²) in [7, 11) is 1.18. The monoisotopic (exact) mass is 320 g/mol. The van der Waals surface area contributed by atoms with Crippen LogP contribution >= 0.6 is 11.3 Å². The van der Waals surface area contributed by atoms with Gasteiger partial charge in [0.15, 0.2) is 5.13 Å². The van der Waals surface area contributed by atoms with Gasteiger partial charge in [-0.2, -0.15) is 13.2 Å². The maximum atomic E-state index is 13.5. The van der Waals surface area contributed by atoms with E-state index in [1.807, 2.05) is 0 Å². The second-order valence-electron chi connectivity index (χ2n) is 3.84. The van der Waals surface area contributed by atoms with E-state index < -0.39 is 23.5 Å². The minimum Gasteiger partial charge on any atom is -0.465 e. The van der Waals surface area contributed by atoms with E-state index >= 15 is 0 Å². The summed E-state index contributed by atoms with van der Waals surface area (Å²) in [4.78, 5) is 15.1. The fourth-order valence-corrected chi connectivity index (χ4v) is 2.19. The molecule has 0 amide bonds. The summed E-state index contributed by atoms with van der Waals surface area (Å²) in [6.07, 6.45) is -3.39. The molecule has 0 saturated carbocycles. The average Bonchev–Trinajstić information content (AvgIpc) is 2.87. The Balaban J connectivity index is 2.27. The van der Waals surface area contributed by atoms with Gasteiger partial charge in [-0.15, -0.1) is 0 Å². The van der Waals surface area contributed by atoms with Gasteiger partial charge in [0.05, 0.1) is 24.6 Å². The highest BCUT2D eigenvalue weighted by Crippen LogP contribution is 2.33. The van der Waals surface area contributed by atoms with Gasteiger partial charge in [-0.05, 0) is 18.2 Å². The Bertz CT molecular complexity index is 670. The maximum absolute atomic E-state index is 13.5. The lowest BCUT2D eigenvalue weighted by Gasteiger charge is -2.10. The average molecular weight is 320 g/mol. The lowest BCUT2D eigenvalue weighted by atomic mass is 10.2.